The van der Waals surface area contributed by atoms with Crippen LogP contribution < -0.4 is 0 Å². The van der Waals surface area contributed by atoms with Crippen molar-refractivity contribution in [3.05, 3.63) is 52.8 Å². The molecule has 0 amide bonds. The fourth-order valence-corrected chi connectivity index (χ4v) is 3.15. The largest absolute Gasteiger partial charge is 0.493 e. The zero-order chi connectivity index (χ0) is 17.9. The third kappa shape index (κ3) is 6.95. The molecule has 1 aliphatic carbocycles. The van der Waals surface area contributed by atoms with E-state index in [0.29, 0.717) is 0 Å². The van der Waals surface area contributed by atoms with E-state index < -0.39 is 0 Å². The highest BCUT2D eigenvalue weighted by molar-refractivity contribution is 5.57. The van der Waals surface area contributed by atoms with Crippen LogP contribution in [0.15, 0.2) is 36.1 Å². The quantitative estimate of drug-likeness (QED) is 0.414. The molecule has 24 heavy (non-hydrogen) atoms. The first-order chi connectivity index (χ1) is 11.6. The zero-order valence-corrected chi connectivity index (χ0v) is 16.6. The van der Waals surface area contributed by atoms with Crippen molar-refractivity contribution < 1.29 is 4.74 Å². The summed E-state index contributed by atoms with van der Waals surface area (Å²) in [5.41, 5.74) is 3.85. The summed E-state index contributed by atoms with van der Waals surface area (Å²) >= 11 is 0. The average Bonchev–Trinajstić information content (AvgIpc) is 2.58. The molecule has 2 rings (SSSR count). The molecule has 0 atom stereocenters. The standard InChI is InChI=1S/C21H30O.C2H6/c1-5-6-21(14-20-12-9-17(3)13-18(20)4)22-15-19-10-7-16(2)8-11-19;1-2/h5-6,9,12-14,16,19H,7-8,10-11,15H2,1-4H3;1-2H3/b6-5-,21-14+;. The summed E-state index contributed by atoms with van der Waals surface area (Å²) in [5, 5.41) is 0. The molecule has 1 aromatic rings. The number of benzene rings is 1. The van der Waals surface area contributed by atoms with Gasteiger partial charge >= 0.3 is 0 Å². The van der Waals surface area contributed by atoms with Crippen molar-refractivity contribution in [1.29, 1.82) is 0 Å². The Morgan fingerprint density at radius 1 is 1.12 bits per heavy atom. The lowest BCUT2D eigenvalue weighted by Crippen LogP contribution is -2.17. The van der Waals surface area contributed by atoms with Gasteiger partial charge in [-0.15, -0.1) is 0 Å². The van der Waals surface area contributed by atoms with Crippen molar-refractivity contribution in [3.8, 4) is 0 Å². The van der Waals surface area contributed by atoms with Crippen LogP contribution in [0, 0.1) is 25.7 Å². The second kappa shape index (κ2) is 11.1. The maximum Gasteiger partial charge on any atom is 0.119 e. The molecule has 1 nitrogen and oxygen atoms in total. The Morgan fingerprint density at radius 3 is 2.38 bits per heavy atom. The molecule has 0 heterocycles. The number of aryl methyl sites for hydroxylation is 2. The number of allylic oxidation sites excluding steroid dienone is 2. The van der Waals surface area contributed by atoms with Crippen molar-refractivity contribution in [2.75, 3.05) is 6.61 Å². The molecule has 0 unspecified atom stereocenters. The molecule has 1 aliphatic rings. The molecule has 0 spiro atoms. The molecular weight excluding hydrogens is 292 g/mol. The molecule has 0 N–H and O–H groups in total. The molecular formula is C23H36O. The number of hydrogen-bond donors (Lipinski definition) is 0. The Labute approximate surface area is 149 Å². The van der Waals surface area contributed by atoms with Gasteiger partial charge in [0, 0.05) is 0 Å². The van der Waals surface area contributed by atoms with E-state index in [1.54, 1.807) is 0 Å². The Bertz CT molecular complexity index is 531. The van der Waals surface area contributed by atoms with Gasteiger partial charge in [-0.25, -0.2) is 0 Å². The van der Waals surface area contributed by atoms with E-state index in [4.69, 9.17) is 4.74 Å². The van der Waals surface area contributed by atoms with Crippen LogP contribution in [0.1, 0.15) is 70.1 Å². The van der Waals surface area contributed by atoms with Gasteiger partial charge in [-0.1, -0.05) is 63.5 Å². The molecule has 1 aromatic carbocycles. The Balaban J connectivity index is 0.00000139. The van der Waals surface area contributed by atoms with Gasteiger partial charge in [0.1, 0.15) is 5.76 Å². The van der Waals surface area contributed by atoms with Crippen molar-refractivity contribution in [3.63, 3.8) is 0 Å². The summed E-state index contributed by atoms with van der Waals surface area (Å²) in [6.07, 6.45) is 11.6. The highest BCUT2D eigenvalue weighted by Crippen LogP contribution is 2.29. The first-order valence-electron chi connectivity index (χ1n) is 9.63. The summed E-state index contributed by atoms with van der Waals surface area (Å²) in [4.78, 5) is 0. The maximum atomic E-state index is 6.12. The lowest BCUT2D eigenvalue weighted by Gasteiger charge is -2.26. The van der Waals surface area contributed by atoms with Crippen LogP contribution in [0.5, 0.6) is 0 Å². The zero-order valence-electron chi connectivity index (χ0n) is 16.6. The smallest absolute Gasteiger partial charge is 0.119 e. The molecule has 1 heteroatoms. The van der Waals surface area contributed by atoms with E-state index in [0.717, 1.165) is 24.2 Å². The van der Waals surface area contributed by atoms with Gasteiger partial charge in [0.2, 0.25) is 0 Å². The average molecular weight is 329 g/mol. The first-order valence-corrected chi connectivity index (χ1v) is 9.63. The molecule has 0 radical (unpaired) electrons. The summed E-state index contributed by atoms with van der Waals surface area (Å²) in [6, 6.07) is 6.57. The lowest BCUT2D eigenvalue weighted by atomic mass is 9.83. The van der Waals surface area contributed by atoms with Crippen LogP contribution in [-0.2, 0) is 4.74 Å². The van der Waals surface area contributed by atoms with Crippen LogP contribution in [0.4, 0.5) is 0 Å². The predicted molar refractivity (Wildman–Crippen MR) is 107 cm³/mol. The van der Waals surface area contributed by atoms with E-state index in [-0.39, 0.29) is 0 Å². The van der Waals surface area contributed by atoms with Crippen molar-refractivity contribution in [1.82, 2.24) is 0 Å². The van der Waals surface area contributed by atoms with Crippen molar-refractivity contribution in [2.45, 2.75) is 67.2 Å². The van der Waals surface area contributed by atoms with Crippen LogP contribution in [0.3, 0.4) is 0 Å². The molecule has 1 fully saturated rings. The summed E-state index contributed by atoms with van der Waals surface area (Å²) in [6.45, 7) is 13.6. The molecule has 1 saturated carbocycles. The topological polar surface area (TPSA) is 9.23 Å². The monoisotopic (exact) mass is 328 g/mol. The van der Waals surface area contributed by atoms with Crippen LogP contribution in [0.2, 0.25) is 0 Å². The number of ether oxygens (including phenoxy) is 1. The summed E-state index contributed by atoms with van der Waals surface area (Å²) in [5.74, 6) is 2.61. The minimum Gasteiger partial charge on any atom is -0.493 e. The van der Waals surface area contributed by atoms with E-state index >= 15 is 0 Å². The molecule has 0 aromatic heterocycles. The van der Waals surface area contributed by atoms with Crippen LogP contribution >= 0.6 is 0 Å². The first kappa shape index (κ1) is 20.5. The summed E-state index contributed by atoms with van der Waals surface area (Å²) in [7, 11) is 0. The van der Waals surface area contributed by atoms with Gasteiger partial charge in [0.15, 0.2) is 0 Å². The Morgan fingerprint density at radius 2 is 1.79 bits per heavy atom. The molecule has 0 bridgehead atoms. The molecule has 0 saturated heterocycles. The van der Waals surface area contributed by atoms with Crippen molar-refractivity contribution in [2.24, 2.45) is 11.8 Å². The lowest BCUT2D eigenvalue weighted by molar-refractivity contribution is 0.139. The van der Waals surface area contributed by atoms with Gasteiger partial charge in [-0.3, -0.25) is 0 Å². The Kier molecular flexibility index (Phi) is 9.52. The van der Waals surface area contributed by atoms with Crippen LogP contribution in [-0.4, -0.2) is 6.61 Å². The molecule has 134 valence electrons. The highest BCUT2D eigenvalue weighted by atomic mass is 16.5. The van der Waals surface area contributed by atoms with E-state index in [1.807, 2.05) is 20.8 Å². The van der Waals surface area contributed by atoms with Gasteiger partial charge in [0.25, 0.3) is 0 Å². The highest BCUT2D eigenvalue weighted by Gasteiger charge is 2.18. The fourth-order valence-electron chi connectivity index (χ4n) is 3.15. The third-order valence-electron chi connectivity index (χ3n) is 4.68. The van der Waals surface area contributed by atoms with Gasteiger partial charge in [-0.05, 0) is 68.7 Å². The minimum atomic E-state index is 0.726. The SMILES string of the molecule is C/C=C\C(=C/c1ccc(C)cc1C)OCC1CCC(C)CC1.CC. The molecule has 0 aliphatic heterocycles. The van der Waals surface area contributed by atoms with Gasteiger partial charge < -0.3 is 4.74 Å². The van der Waals surface area contributed by atoms with E-state index in [2.05, 4.69) is 57.2 Å². The number of rotatable bonds is 5. The van der Waals surface area contributed by atoms with E-state index in [9.17, 15) is 0 Å². The Hall–Kier alpha value is -1.50. The van der Waals surface area contributed by atoms with E-state index in [1.165, 1.54) is 42.4 Å². The normalized spacial score (nSPS) is 21.3. The van der Waals surface area contributed by atoms with Gasteiger partial charge in [0.05, 0.1) is 6.61 Å². The third-order valence-corrected chi connectivity index (χ3v) is 4.68. The van der Waals surface area contributed by atoms with Crippen LogP contribution in [0.25, 0.3) is 6.08 Å². The maximum absolute atomic E-state index is 6.12. The van der Waals surface area contributed by atoms with Crippen molar-refractivity contribution >= 4 is 6.08 Å². The number of hydrogen-bond acceptors (Lipinski definition) is 1. The fraction of sp³-hybridized carbons (Fsp3) is 0.565. The summed E-state index contributed by atoms with van der Waals surface area (Å²) < 4.78 is 6.12. The van der Waals surface area contributed by atoms with Gasteiger partial charge in [-0.2, -0.15) is 0 Å². The second-order valence-electron chi connectivity index (χ2n) is 6.84. The predicted octanol–water partition coefficient (Wildman–Crippen LogP) is 7.09. The minimum absolute atomic E-state index is 0.726. The second-order valence-corrected chi connectivity index (χ2v) is 6.84.